The molecule has 3 aromatic carbocycles. The minimum Gasteiger partial charge on any atom is -0.454 e. The zero-order valence-electron chi connectivity index (χ0n) is 18.3. The topological polar surface area (TPSA) is 67.9 Å². The highest BCUT2D eigenvalue weighted by atomic mass is 16.7. The molecule has 0 saturated heterocycles. The summed E-state index contributed by atoms with van der Waals surface area (Å²) in [5, 5.41) is 2.90. The maximum Gasteiger partial charge on any atom is 0.231 e. The molecule has 0 radical (unpaired) electrons. The Kier molecular flexibility index (Phi) is 5.98. The van der Waals surface area contributed by atoms with E-state index in [1.54, 1.807) is 0 Å². The molecule has 0 unspecified atom stereocenters. The molecule has 5 rings (SSSR count). The van der Waals surface area contributed by atoms with Crippen LogP contribution in [-0.4, -0.2) is 30.1 Å². The van der Waals surface area contributed by atoms with Gasteiger partial charge in [-0.1, -0.05) is 60.7 Å². The molecule has 0 aromatic heterocycles. The van der Waals surface area contributed by atoms with E-state index in [9.17, 15) is 9.59 Å². The number of fused-ring (bicyclic) bond motifs is 2. The first-order valence-corrected chi connectivity index (χ1v) is 11.3. The third kappa shape index (κ3) is 4.55. The van der Waals surface area contributed by atoms with Crippen molar-refractivity contribution in [3.8, 4) is 11.5 Å². The largest absolute Gasteiger partial charge is 0.454 e. The monoisotopic (exact) mass is 442 g/mol. The molecule has 0 fully saturated rings. The van der Waals surface area contributed by atoms with Crippen LogP contribution in [0.5, 0.6) is 11.5 Å². The first kappa shape index (κ1) is 21.1. The zero-order chi connectivity index (χ0) is 22.6. The van der Waals surface area contributed by atoms with Gasteiger partial charge in [0.25, 0.3) is 0 Å². The van der Waals surface area contributed by atoms with Crippen LogP contribution in [-0.2, 0) is 22.6 Å². The van der Waals surface area contributed by atoms with Gasteiger partial charge in [0, 0.05) is 25.9 Å². The lowest BCUT2D eigenvalue weighted by atomic mass is 9.88. The molecule has 2 aliphatic rings. The van der Waals surface area contributed by atoms with E-state index in [0.717, 1.165) is 23.1 Å². The van der Waals surface area contributed by atoms with Gasteiger partial charge in [0.1, 0.15) is 0 Å². The van der Waals surface area contributed by atoms with Crippen molar-refractivity contribution in [1.82, 2.24) is 10.2 Å². The fourth-order valence-electron chi connectivity index (χ4n) is 4.53. The maximum absolute atomic E-state index is 13.2. The molecule has 3 aromatic rings. The first-order chi connectivity index (χ1) is 16.2. The molecule has 33 heavy (non-hydrogen) atoms. The number of ether oxygens (including phenoxy) is 2. The number of nitrogens with zero attached hydrogens (tertiary/aromatic N) is 1. The Labute approximate surface area is 193 Å². The SMILES string of the molecule is O=C(CCC(=O)N1CCc2ccccc2[C@@H]1c1ccccc1)NCc1ccc2c(c1)OCO2. The van der Waals surface area contributed by atoms with Gasteiger partial charge in [0.2, 0.25) is 18.6 Å². The van der Waals surface area contributed by atoms with Gasteiger partial charge in [-0.3, -0.25) is 9.59 Å². The summed E-state index contributed by atoms with van der Waals surface area (Å²) in [6, 6.07) is 23.9. The van der Waals surface area contributed by atoms with E-state index in [1.165, 1.54) is 5.56 Å². The Morgan fingerprint density at radius 1 is 0.909 bits per heavy atom. The Morgan fingerprint density at radius 3 is 2.58 bits per heavy atom. The van der Waals surface area contributed by atoms with E-state index in [4.69, 9.17) is 9.47 Å². The van der Waals surface area contributed by atoms with E-state index in [0.29, 0.717) is 24.6 Å². The lowest BCUT2D eigenvalue weighted by molar-refractivity contribution is -0.135. The number of nitrogens with one attached hydrogen (secondary N) is 1. The average molecular weight is 443 g/mol. The number of benzene rings is 3. The zero-order valence-corrected chi connectivity index (χ0v) is 18.3. The number of hydrogen-bond donors (Lipinski definition) is 1. The lowest BCUT2D eigenvalue weighted by Gasteiger charge is -2.38. The number of carbonyl (C=O) groups is 2. The summed E-state index contributed by atoms with van der Waals surface area (Å²) in [6.07, 6.45) is 1.16. The third-order valence-corrected chi connectivity index (χ3v) is 6.21. The molecule has 0 spiro atoms. The van der Waals surface area contributed by atoms with E-state index < -0.39 is 0 Å². The van der Waals surface area contributed by atoms with E-state index >= 15 is 0 Å². The Balaban J connectivity index is 1.22. The predicted molar refractivity (Wildman–Crippen MR) is 124 cm³/mol. The molecular weight excluding hydrogens is 416 g/mol. The molecule has 6 nitrogen and oxygen atoms in total. The molecule has 168 valence electrons. The third-order valence-electron chi connectivity index (χ3n) is 6.21. The van der Waals surface area contributed by atoms with Crippen molar-refractivity contribution in [3.05, 3.63) is 95.1 Å². The van der Waals surface area contributed by atoms with Crippen LogP contribution in [0.15, 0.2) is 72.8 Å². The molecule has 2 aliphatic heterocycles. The van der Waals surface area contributed by atoms with Crippen molar-refractivity contribution in [3.63, 3.8) is 0 Å². The maximum atomic E-state index is 13.2. The van der Waals surface area contributed by atoms with Gasteiger partial charge >= 0.3 is 0 Å². The summed E-state index contributed by atoms with van der Waals surface area (Å²) < 4.78 is 10.7. The van der Waals surface area contributed by atoms with Crippen molar-refractivity contribution < 1.29 is 19.1 Å². The summed E-state index contributed by atoms with van der Waals surface area (Å²) in [7, 11) is 0. The second-order valence-electron chi connectivity index (χ2n) is 8.31. The van der Waals surface area contributed by atoms with E-state index in [1.807, 2.05) is 53.4 Å². The Morgan fingerprint density at radius 2 is 1.70 bits per heavy atom. The molecule has 2 amide bonds. The number of rotatable bonds is 6. The van der Waals surface area contributed by atoms with Gasteiger partial charge in [-0.25, -0.2) is 0 Å². The van der Waals surface area contributed by atoms with Crippen LogP contribution in [0, 0.1) is 0 Å². The van der Waals surface area contributed by atoms with Crippen molar-refractivity contribution in [1.29, 1.82) is 0 Å². The van der Waals surface area contributed by atoms with E-state index in [2.05, 4.69) is 29.6 Å². The highest BCUT2D eigenvalue weighted by molar-refractivity contribution is 5.84. The van der Waals surface area contributed by atoms with Gasteiger partial charge < -0.3 is 19.7 Å². The van der Waals surface area contributed by atoms with Crippen LogP contribution < -0.4 is 14.8 Å². The Bertz CT molecular complexity index is 1160. The fraction of sp³-hybridized carbons (Fsp3) is 0.259. The number of amides is 2. The second kappa shape index (κ2) is 9.36. The molecule has 0 saturated carbocycles. The minimum atomic E-state index is -0.144. The van der Waals surface area contributed by atoms with E-state index in [-0.39, 0.29) is 37.5 Å². The lowest BCUT2D eigenvalue weighted by Crippen LogP contribution is -2.41. The molecule has 0 bridgehead atoms. The van der Waals surface area contributed by atoms with Crippen LogP contribution in [0.2, 0.25) is 0 Å². The number of carbonyl (C=O) groups excluding carboxylic acids is 2. The van der Waals surface area contributed by atoms with Crippen molar-refractivity contribution >= 4 is 11.8 Å². The second-order valence-corrected chi connectivity index (χ2v) is 8.31. The molecule has 2 heterocycles. The van der Waals surface area contributed by atoms with Crippen molar-refractivity contribution in [2.45, 2.75) is 31.8 Å². The molecular formula is C27H26N2O4. The summed E-state index contributed by atoms with van der Waals surface area (Å²) >= 11 is 0. The Hall–Kier alpha value is -3.80. The van der Waals surface area contributed by atoms with Crippen molar-refractivity contribution in [2.24, 2.45) is 0 Å². The highest BCUT2D eigenvalue weighted by Gasteiger charge is 2.31. The summed E-state index contributed by atoms with van der Waals surface area (Å²) in [6.45, 7) is 1.25. The number of hydrogen-bond acceptors (Lipinski definition) is 4. The normalized spacial score (nSPS) is 16.2. The van der Waals surface area contributed by atoms with Gasteiger partial charge in [-0.15, -0.1) is 0 Å². The predicted octanol–water partition coefficient (Wildman–Crippen LogP) is 3.99. The van der Waals surface area contributed by atoms with Crippen molar-refractivity contribution in [2.75, 3.05) is 13.3 Å². The van der Waals surface area contributed by atoms with Crippen LogP contribution in [0.1, 0.15) is 41.1 Å². The van der Waals surface area contributed by atoms with Crippen LogP contribution in [0.3, 0.4) is 0 Å². The first-order valence-electron chi connectivity index (χ1n) is 11.3. The fourth-order valence-corrected chi connectivity index (χ4v) is 4.53. The van der Waals surface area contributed by atoms with Crippen LogP contribution in [0.4, 0.5) is 0 Å². The molecule has 1 atom stereocenters. The molecule has 6 heteroatoms. The smallest absolute Gasteiger partial charge is 0.231 e. The van der Waals surface area contributed by atoms with Gasteiger partial charge in [0.15, 0.2) is 11.5 Å². The average Bonchev–Trinajstić information content (AvgIpc) is 3.34. The summed E-state index contributed by atoms with van der Waals surface area (Å²) in [5.74, 6) is 1.26. The van der Waals surface area contributed by atoms with Gasteiger partial charge in [-0.2, -0.15) is 0 Å². The quantitative estimate of drug-likeness (QED) is 0.627. The highest BCUT2D eigenvalue weighted by Crippen LogP contribution is 2.35. The molecule has 1 N–H and O–H groups in total. The van der Waals surface area contributed by atoms with Crippen LogP contribution >= 0.6 is 0 Å². The summed E-state index contributed by atoms with van der Waals surface area (Å²) in [5.41, 5.74) is 4.45. The molecule has 0 aliphatic carbocycles. The van der Waals surface area contributed by atoms with Crippen LogP contribution in [0.25, 0.3) is 0 Å². The standard InChI is InChI=1S/C27H26N2O4/c30-25(28-17-19-10-11-23-24(16-19)33-18-32-23)12-13-26(31)29-15-14-20-6-4-5-9-22(20)27(29)21-7-2-1-3-8-21/h1-11,16,27H,12-15,17-18H2,(H,28,30)/t27-/m0/s1. The van der Waals surface area contributed by atoms with Gasteiger partial charge in [-0.05, 0) is 40.8 Å². The summed E-state index contributed by atoms with van der Waals surface area (Å²) in [4.78, 5) is 27.6. The minimum absolute atomic E-state index is 0.00316. The van der Waals surface area contributed by atoms with Gasteiger partial charge in [0.05, 0.1) is 6.04 Å².